The van der Waals surface area contributed by atoms with Crippen LogP contribution >= 0.6 is 11.6 Å². The normalized spacial score (nSPS) is 20.8. The summed E-state index contributed by atoms with van der Waals surface area (Å²) in [4.78, 5) is 12.3. The van der Waals surface area contributed by atoms with Crippen molar-refractivity contribution < 1.29 is 18.0 Å². The van der Waals surface area contributed by atoms with Crippen molar-refractivity contribution in [1.82, 2.24) is 15.1 Å². The molecule has 4 nitrogen and oxygen atoms in total. The molecule has 1 fully saturated rings. The van der Waals surface area contributed by atoms with Gasteiger partial charge in [0.2, 0.25) is 0 Å². The zero-order valence-electron chi connectivity index (χ0n) is 14.0. The van der Waals surface area contributed by atoms with Crippen molar-refractivity contribution >= 4 is 17.5 Å². The van der Waals surface area contributed by atoms with Crippen molar-refractivity contribution in [3.8, 4) is 0 Å². The summed E-state index contributed by atoms with van der Waals surface area (Å²) in [6.07, 6.45) is -0.135. The molecule has 0 spiro atoms. The van der Waals surface area contributed by atoms with E-state index in [4.69, 9.17) is 11.6 Å². The highest BCUT2D eigenvalue weighted by atomic mass is 35.5. The zero-order chi connectivity index (χ0) is 18.7. The maximum Gasteiger partial charge on any atom is 0.391 e. The molecule has 2 aromatic rings. The lowest BCUT2D eigenvalue weighted by molar-refractivity contribution is -0.183. The molecule has 1 aromatic carbocycles. The highest BCUT2D eigenvalue weighted by Gasteiger charge is 2.42. The average molecular weight is 386 g/mol. The largest absolute Gasteiger partial charge is 0.391 e. The summed E-state index contributed by atoms with van der Waals surface area (Å²) in [7, 11) is 0. The van der Waals surface area contributed by atoms with Crippen molar-refractivity contribution in [2.45, 2.75) is 44.4 Å². The molecule has 1 aliphatic rings. The van der Waals surface area contributed by atoms with Crippen LogP contribution in [0.2, 0.25) is 5.02 Å². The number of rotatable bonds is 4. The van der Waals surface area contributed by atoms with Gasteiger partial charge in [0.15, 0.2) is 0 Å². The van der Waals surface area contributed by atoms with Crippen molar-refractivity contribution in [2.75, 3.05) is 0 Å². The van der Waals surface area contributed by atoms with E-state index in [2.05, 4.69) is 10.4 Å². The molecule has 0 aliphatic heterocycles. The Balaban J connectivity index is 1.61. The number of carbonyl (C=O) groups is 1. The van der Waals surface area contributed by atoms with Gasteiger partial charge in [-0.1, -0.05) is 36.2 Å². The predicted molar refractivity (Wildman–Crippen MR) is 92.0 cm³/mol. The average Bonchev–Trinajstić information content (AvgIpc) is 3.05. The molecule has 2 unspecified atom stereocenters. The minimum atomic E-state index is -4.21. The van der Waals surface area contributed by atoms with E-state index in [1.54, 1.807) is 16.9 Å². The highest BCUT2D eigenvalue weighted by Crippen LogP contribution is 2.37. The second-order valence-corrected chi connectivity index (χ2v) is 7.00. The first-order chi connectivity index (χ1) is 12.3. The molecule has 1 saturated carbocycles. The van der Waals surface area contributed by atoms with E-state index in [-0.39, 0.29) is 12.8 Å². The summed E-state index contributed by atoms with van der Waals surface area (Å²) in [5.74, 6) is -1.74. The number of hydrogen-bond donors (Lipinski definition) is 1. The minimum Gasteiger partial charge on any atom is -0.349 e. The fourth-order valence-corrected chi connectivity index (χ4v) is 3.45. The molecule has 26 heavy (non-hydrogen) atoms. The lowest BCUT2D eigenvalue weighted by Crippen LogP contribution is -2.41. The van der Waals surface area contributed by atoms with Gasteiger partial charge in [0.1, 0.15) is 0 Å². The van der Waals surface area contributed by atoms with Gasteiger partial charge in [0, 0.05) is 17.3 Å². The van der Waals surface area contributed by atoms with Crippen LogP contribution in [0.1, 0.15) is 41.6 Å². The van der Waals surface area contributed by atoms with Crippen LogP contribution in [0.5, 0.6) is 0 Å². The summed E-state index contributed by atoms with van der Waals surface area (Å²) < 4.78 is 40.2. The van der Waals surface area contributed by atoms with Crippen LogP contribution in [0.15, 0.2) is 36.7 Å². The number of alkyl halides is 3. The van der Waals surface area contributed by atoms with Crippen LogP contribution in [0.4, 0.5) is 13.2 Å². The van der Waals surface area contributed by atoms with Crippen molar-refractivity contribution in [3.63, 3.8) is 0 Å². The van der Waals surface area contributed by atoms with Gasteiger partial charge in [-0.3, -0.25) is 9.48 Å². The Morgan fingerprint density at radius 3 is 2.81 bits per heavy atom. The van der Waals surface area contributed by atoms with Crippen LogP contribution in [0.3, 0.4) is 0 Å². The Morgan fingerprint density at radius 1 is 1.31 bits per heavy atom. The van der Waals surface area contributed by atoms with E-state index >= 15 is 0 Å². The van der Waals surface area contributed by atoms with Gasteiger partial charge in [-0.05, 0) is 30.9 Å². The molecule has 8 heteroatoms. The zero-order valence-corrected chi connectivity index (χ0v) is 14.7. The van der Waals surface area contributed by atoms with Gasteiger partial charge in [0.05, 0.1) is 24.2 Å². The molecule has 1 aromatic heterocycles. The van der Waals surface area contributed by atoms with Gasteiger partial charge in [0.25, 0.3) is 5.91 Å². The van der Waals surface area contributed by atoms with Crippen LogP contribution in [-0.4, -0.2) is 27.9 Å². The topological polar surface area (TPSA) is 46.9 Å². The lowest BCUT2D eigenvalue weighted by Gasteiger charge is -2.30. The summed E-state index contributed by atoms with van der Waals surface area (Å²) in [6.45, 7) is 0.409. The first kappa shape index (κ1) is 18.8. The number of hydrogen-bond acceptors (Lipinski definition) is 2. The van der Waals surface area contributed by atoms with E-state index in [9.17, 15) is 18.0 Å². The molecule has 1 aliphatic carbocycles. The van der Waals surface area contributed by atoms with Crippen molar-refractivity contribution in [3.05, 3.63) is 52.8 Å². The Hall–Kier alpha value is -2.02. The molecule has 1 N–H and O–H groups in total. The maximum atomic E-state index is 12.9. The van der Waals surface area contributed by atoms with Crippen LogP contribution < -0.4 is 5.32 Å². The third kappa shape index (κ3) is 4.58. The van der Waals surface area contributed by atoms with Gasteiger partial charge in [-0.15, -0.1) is 0 Å². The molecular formula is C18H19ClF3N3O. The van der Waals surface area contributed by atoms with E-state index < -0.39 is 24.0 Å². The first-order valence-electron chi connectivity index (χ1n) is 8.46. The second kappa shape index (κ2) is 7.70. The molecule has 1 amide bonds. The van der Waals surface area contributed by atoms with Crippen LogP contribution in [-0.2, 0) is 6.54 Å². The van der Waals surface area contributed by atoms with Crippen molar-refractivity contribution in [1.29, 1.82) is 0 Å². The third-order valence-corrected chi connectivity index (χ3v) is 5.03. The second-order valence-electron chi connectivity index (χ2n) is 6.59. The molecule has 0 radical (unpaired) electrons. The number of benzene rings is 1. The Kier molecular flexibility index (Phi) is 5.55. The molecule has 1 heterocycles. The van der Waals surface area contributed by atoms with E-state index in [0.29, 0.717) is 30.0 Å². The molecule has 0 bridgehead atoms. The third-order valence-electron chi connectivity index (χ3n) is 4.66. The summed E-state index contributed by atoms with van der Waals surface area (Å²) in [5, 5.41) is 7.45. The smallest absolute Gasteiger partial charge is 0.349 e. The Morgan fingerprint density at radius 2 is 2.08 bits per heavy atom. The first-order valence-corrected chi connectivity index (χ1v) is 8.84. The van der Waals surface area contributed by atoms with Crippen LogP contribution in [0.25, 0.3) is 0 Å². The fourth-order valence-electron chi connectivity index (χ4n) is 3.26. The van der Waals surface area contributed by atoms with E-state index in [1.807, 2.05) is 18.2 Å². The maximum absolute atomic E-state index is 12.9. The number of nitrogens with one attached hydrogen (secondary N) is 1. The Bertz CT molecular complexity index is 775. The SMILES string of the molecule is O=C(NC1CCCC(C(F)(F)F)C1)c1cnn(Cc2ccccc2Cl)c1. The number of halogens is 4. The Labute approximate surface area is 154 Å². The van der Waals surface area contributed by atoms with Gasteiger partial charge in [-0.25, -0.2) is 0 Å². The quantitative estimate of drug-likeness (QED) is 0.846. The summed E-state index contributed by atoms with van der Waals surface area (Å²) >= 11 is 6.11. The number of carbonyl (C=O) groups excluding carboxylic acids is 1. The summed E-state index contributed by atoms with van der Waals surface area (Å²) in [5.41, 5.74) is 1.19. The fraction of sp³-hybridized carbons (Fsp3) is 0.444. The monoisotopic (exact) mass is 385 g/mol. The number of amides is 1. The number of nitrogens with zero attached hydrogens (tertiary/aromatic N) is 2. The summed E-state index contributed by atoms with van der Waals surface area (Å²) in [6, 6.07) is 6.86. The van der Waals surface area contributed by atoms with Gasteiger partial charge < -0.3 is 5.32 Å². The molecule has 140 valence electrons. The molecule has 0 saturated heterocycles. The predicted octanol–water partition coefficient (Wildman–Crippen LogP) is 4.44. The molecular weight excluding hydrogens is 367 g/mol. The van der Waals surface area contributed by atoms with Crippen molar-refractivity contribution in [2.24, 2.45) is 5.92 Å². The lowest BCUT2D eigenvalue weighted by atomic mass is 9.85. The van der Waals surface area contributed by atoms with E-state index in [1.165, 1.54) is 6.20 Å². The van der Waals surface area contributed by atoms with Gasteiger partial charge in [-0.2, -0.15) is 18.3 Å². The molecule has 3 rings (SSSR count). The highest BCUT2D eigenvalue weighted by molar-refractivity contribution is 6.31. The standard InChI is InChI=1S/C18H19ClF3N3O/c19-16-7-2-1-4-12(16)10-25-11-13(9-23-25)17(26)24-15-6-3-5-14(8-15)18(20,21)22/h1-2,4,7,9,11,14-15H,3,5-6,8,10H2,(H,24,26). The molecule has 2 atom stereocenters. The van der Waals surface area contributed by atoms with Crippen LogP contribution in [0, 0.1) is 5.92 Å². The van der Waals surface area contributed by atoms with E-state index in [0.717, 1.165) is 5.56 Å². The number of aromatic nitrogens is 2. The minimum absolute atomic E-state index is 0.0665. The van der Waals surface area contributed by atoms with Gasteiger partial charge >= 0.3 is 6.18 Å².